The maximum Gasteiger partial charge on any atom is 0.246 e. The van der Waals surface area contributed by atoms with E-state index in [1.807, 2.05) is 42.2 Å². The van der Waals surface area contributed by atoms with E-state index in [0.717, 1.165) is 44.6 Å². The van der Waals surface area contributed by atoms with Gasteiger partial charge in [-0.05, 0) is 54.3 Å². The summed E-state index contributed by atoms with van der Waals surface area (Å²) in [6, 6.07) is 13.4. The van der Waals surface area contributed by atoms with Crippen molar-refractivity contribution >= 4 is 23.6 Å². The molecule has 1 fully saturated rings. The van der Waals surface area contributed by atoms with E-state index in [9.17, 15) is 4.79 Å². The third-order valence-corrected chi connectivity index (χ3v) is 5.79. The molecular formula is C26H30ClN3O3. The van der Waals surface area contributed by atoms with Crippen molar-refractivity contribution in [1.29, 1.82) is 5.26 Å². The molecule has 6 nitrogen and oxygen atoms in total. The Bertz CT molecular complexity index is 1010. The van der Waals surface area contributed by atoms with Gasteiger partial charge in [0.15, 0.2) is 11.5 Å². The first-order valence-electron chi connectivity index (χ1n) is 11.2. The van der Waals surface area contributed by atoms with Gasteiger partial charge in [0.05, 0.1) is 30.4 Å². The van der Waals surface area contributed by atoms with Crippen molar-refractivity contribution in [3.63, 3.8) is 0 Å². The molecule has 0 spiro atoms. The van der Waals surface area contributed by atoms with E-state index in [1.54, 1.807) is 25.3 Å². The summed E-state index contributed by atoms with van der Waals surface area (Å²) in [7, 11) is 1.57. The maximum absolute atomic E-state index is 12.8. The first-order valence-corrected chi connectivity index (χ1v) is 11.6. The van der Waals surface area contributed by atoms with Crippen LogP contribution in [0.4, 0.5) is 0 Å². The molecule has 2 aromatic carbocycles. The molecule has 0 atom stereocenters. The summed E-state index contributed by atoms with van der Waals surface area (Å²) in [6.07, 6.45) is 5.14. The number of halogens is 1. The zero-order valence-corrected chi connectivity index (χ0v) is 20.0. The zero-order valence-electron chi connectivity index (χ0n) is 19.2. The summed E-state index contributed by atoms with van der Waals surface area (Å²) in [5.41, 5.74) is 2.62. The van der Waals surface area contributed by atoms with Gasteiger partial charge in [-0.25, -0.2) is 0 Å². The molecule has 33 heavy (non-hydrogen) atoms. The van der Waals surface area contributed by atoms with Gasteiger partial charge in [-0.2, -0.15) is 5.26 Å². The molecule has 1 aliphatic heterocycles. The Morgan fingerprint density at radius 1 is 1.18 bits per heavy atom. The van der Waals surface area contributed by atoms with Gasteiger partial charge in [0.2, 0.25) is 5.91 Å². The molecule has 3 rings (SSSR count). The molecule has 0 aromatic heterocycles. The predicted octanol–water partition coefficient (Wildman–Crippen LogP) is 4.76. The molecule has 1 aliphatic rings. The van der Waals surface area contributed by atoms with Crippen LogP contribution in [0.5, 0.6) is 11.5 Å². The van der Waals surface area contributed by atoms with Crippen molar-refractivity contribution in [2.75, 3.05) is 39.9 Å². The second kappa shape index (κ2) is 12.3. The quantitative estimate of drug-likeness (QED) is 0.524. The minimum atomic E-state index is -0.0170. The summed E-state index contributed by atoms with van der Waals surface area (Å²) in [6.45, 7) is 6.53. The van der Waals surface area contributed by atoms with Crippen molar-refractivity contribution < 1.29 is 14.3 Å². The number of hydrogen-bond donors (Lipinski definition) is 0. The van der Waals surface area contributed by atoms with Crippen molar-refractivity contribution in [2.24, 2.45) is 0 Å². The lowest BCUT2D eigenvalue weighted by atomic mass is 10.1. The van der Waals surface area contributed by atoms with E-state index in [0.29, 0.717) is 35.2 Å². The molecule has 0 radical (unpaired) electrons. The molecule has 0 aliphatic carbocycles. The fourth-order valence-corrected chi connectivity index (χ4v) is 4.02. The Kier molecular flexibility index (Phi) is 9.17. The highest BCUT2D eigenvalue weighted by Crippen LogP contribution is 2.36. The lowest BCUT2D eigenvalue weighted by Crippen LogP contribution is -2.34. The maximum atomic E-state index is 12.8. The average Bonchev–Trinajstić information content (AvgIpc) is 3.07. The minimum absolute atomic E-state index is 0.0170. The standard InChI is InChI=1S/C26H30ClN3O3/c1-3-15-33-26-23(27)16-22(17-24(26)32-2)9-10-25(31)30-12-4-11-29(13-14-30)19-21-7-5-20(18-28)6-8-21/h5-10,16-17H,3-4,11-15,19H2,1-2H3/b10-9+. The number of hydrogen-bond acceptors (Lipinski definition) is 5. The first kappa shape index (κ1) is 24.6. The Hall–Kier alpha value is -3.01. The number of carbonyl (C=O) groups is 1. The van der Waals surface area contributed by atoms with Gasteiger partial charge in [0.1, 0.15) is 0 Å². The SMILES string of the molecule is CCCOc1c(Cl)cc(/C=C/C(=O)N2CCCN(Cc3ccc(C#N)cc3)CC2)cc1OC. The van der Waals surface area contributed by atoms with E-state index in [4.69, 9.17) is 26.3 Å². The number of nitrogens with zero attached hydrogens (tertiary/aromatic N) is 3. The molecule has 174 valence electrons. The van der Waals surface area contributed by atoms with Gasteiger partial charge >= 0.3 is 0 Å². The Morgan fingerprint density at radius 2 is 1.97 bits per heavy atom. The number of carbonyl (C=O) groups excluding carboxylic acids is 1. The van der Waals surface area contributed by atoms with Crippen molar-refractivity contribution in [2.45, 2.75) is 26.3 Å². The van der Waals surface area contributed by atoms with Gasteiger partial charge < -0.3 is 14.4 Å². The third-order valence-electron chi connectivity index (χ3n) is 5.51. The van der Waals surface area contributed by atoms with E-state index < -0.39 is 0 Å². The van der Waals surface area contributed by atoms with Crippen LogP contribution < -0.4 is 9.47 Å². The summed E-state index contributed by atoms with van der Waals surface area (Å²) < 4.78 is 11.1. The number of benzene rings is 2. The topological polar surface area (TPSA) is 65.8 Å². The molecule has 0 unspecified atom stereocenters. The van der Waals surface area contributed by atoms with Crippen LogP contribution in [0.1, 0.15) is 36.5 Å². The van der Waals surface area contributed by atoms with Crippen LogP contribution in [0, 0.1) is 11.3 Å². The Labute approximate surface area is 201 Å². The van der Waals surface area contributed by atoms with Gasteiger partial charge in [0.25, 0.3) is 0 Å². The molecule has 1 heterocycles. The van der Waals surface area contributed by atoms with Gasteiger partial charge in [0, 0.05) is 38.8 Å². The Balaban J connectivity index is 1.59. The summed E-state index contributed by atoms with van der Waals surface area (Å²) in [5.74, 6) is 1.06. The summed E-state index contributed by atoms with van der Waals surface area (Å²) in [5, 5.41) is 9.41. The van der Waals surface area contributed by atoms with Crippen LogP contribution in [0.2, 0.25) is 5.02 Å². The third kappa shape index (κ3) is 6.98. The zero-order chi connectivity index (χ0) is 23.6. The largest absolute Gasteiger partial charge is 0.493 e. The van der Waals surface area contributed by atoms with E-state index in [1.165, 1.54) is 5.56 Å². The first-order chi connectivity index (χ1) is 16.0. The second-order valence-corrected chi connectivity index (χ2v) is 8.39. The smallest absolute Gasteiger partial charge is 0.246 e. The van der Waals surface area contributed by atoms with Crippen LogP contribution in [0.3, 0.4) is 0 Å². The van der Waals surface area contributed by atoms with E-state index >= 15 is 0 Å². The lowest BCUT2D eigenvalue weighted by Gasteiger charge is -2.21. The molecule has 0 N–H and O–H groups in total. The summed E-state index contributed by atoms with van der Waals surface area (Å²) >= 11 is 6.38. The monoisotopic (exact) mass is 467 g/mol. The van der Waals surface area contributed by atoms with Crippen molar-refractivity contribution in [1.82, 2.24) is 9.80 Å². The van der Waals surface area contributed by atoms with Gasteiger partial charge in [-0.1, -0.05) is 30.7 Å². The molecule has 7 heteroatoms. The summed E-state index contributed by atoms with van der Waals surface area (Å²) in [4.78, 5) is 17.0. The van der Waals surface area contributed by atoms with Crippen LogP contribution >= 0.6 is 11.6 Å². The Morgan fingerprint density at radius 3 is 2.67 bits per heavy atom. The second-order valence-electron chi connectivity index (χ2n) is 7.98. The van der Waals surface area contributed by atoms with Crippen molar-refractivity contribution in [3.05, 3.63) is 64.2 Å². The van der Waals surface area contributed by atoms with Crippen LogP contribution in [-0.4, -0.2) is 55.6 Å². The highest BCUT2D eigenvalue weighted by atomic mass is 35.5. The molecule has 2 aromatic rings. The number of amides is 1. The van der Waals surface area contributed by atoms with E-state index in [-0.39, 0.29) is 5.91 Å². The number of methoxy groups -OCH3 is 1. The highest BCUT2D eigenvalue weighted by molar-refractivity contribution is 6.32. The normalized spacial score (nSPS) is 14.7. The molecule has 1 saturated heterocycles. The number of rotatable bonds is 8. The lowest BCUT2D eigenvalue weighted by molar-refractivity contribution is -0.125. The van der Waals surface area contributed by atoms with Crippen LogP contribution in [-0.2, 0) is 11.3 Å². The van der Waals surface area contributed by atoms with E-state index in [2.05, 4.69) is 11.0 Å². The van der Waals surface area contributed by atoms with Crippen LogP contribution in [0.15, 0.2) is 42.5 Å². The fourth-order valence-electron chi connectivity index (χ4n) is 3.75. The van der Waals surface area contributed by atoms with Gasteiger partial charge in [-0.3, -0.25) is 9.69 Å². The number of nitriles is 1. The number of ether oxygens (including phenoxy) is 2. The minimum Gasteiger partial charge on any atom is -0.493 e. The highest BCUT2D eigenvalue weighted by Gasteiger charge is 2.18. The average molecular weight is 468 g/mol. The van der Waals surface area contributed by atoms with Crippen molar-refractivity contribution in [3.8, 4) is 17.6 Å². The predicted molar refractivity (Wildman–Crippen MR) is 130 cm³/mol. The van der Waals surface area contributed by atoms with Gasteiger partial charge in [-0.15, -0.1) is 0 Å². The molecule has 0 bridgehead atoms. The molecular weight excluding hydrogens is 438 g/mol. The fraction of sp³-hybridized carbons (Fsp3) is 0.385. The molecule has 1 amide bonds. The van der Waals surface area contributed by atoms with Crippen LogP contribution in [0.25, 0.3) is 6.08 Å². The molecule has 0 saturated carbocycles.